The van der Waals surface area contributed by atoms with Gasteiger partial charge >= 0.3 is 5.97 Å². The van der Waals surface area contributed by atoms with Crippen LogP contribution in [0.25, 0.3) is 0 Å². The predicted octanol–water partition coefficient (Wildman–Crippen LogP) is 1.43. The van der Waals surface area contributed by atoms with Crippen molar-refractivity contribution < 1.29 is 19.4 Å². The van der Waals surface area contributed by atoms with E-state index in [1.165, 1.54) is 6.92 Å². The summed E-state index contributed by atoms with van der Waals surface area (Å²) in [6.07, 6.45) is -0.810. The summed E-state index contributed by atoms with van der Waals surface area (Å²) in [6.45, 7) is 1.71. The molecule has 1 unspecified atom stereocenters. The summed E-state index contributed by atoms with van der Waals surface area (Å²) in [4.78, 5) is 10.6. The van der Waals surface area contributed by atoms with E-state index in [0.29, 0.717) is 6.61 Å². The third-order valence-corrected chi connectivity index (χ3v) is 2.16. The maximum Gasteiger partial charge on any atom is 0.302 e. The number of ether oxygens (including phenoxy) is 2. The molecule has 88 valence electrons. The minimum atomic E-state index is -0.810. The second kappa shape index (κ2) is 6.25. The Morgan fingerprint density at radius 2 is 2.12 bits per heavy atom. The average Bonchev–Trinajstić information content (AvgIpc) is 2.27. The molecule has 0 aliphatic rings. The van der Waals surface area contributed by atoms with Gasteiger partial charge in [0.25, 0.3) is 0 Å². The van der Waals surface area contributed by atoms with Crippen LogP contribution in [0, 0.1) is 0 Å². The second-order valence-electron chi connectivity index (χ2n) is 3.45. The van der Waals surface area contributed by atoms with Gasteiger partial charge in [0.1, 0.15) is 12.7 Å². The highest BCUT2D eigenvalue weighted by Crippen LogP contribution is 2.19. The Labute approximate surface area is 94.8 Å². The molecule has 0 aromatic heterocycles. The molecule has 0 spiro atoms. The summed E-state index contributed by atoms with van der Waals surface area (Å²) >= 11 is 0. The van der Waals surface area contributed by atoms with Gasteiger partial charge in [0, 0.05) is 14.0 Å². The molecule has 0 radical (unpaired) electrons. The molecule has 4 heteroatoms. The van der Waals surface area contributed by atoms with Gasteiger partial charge in [-0.05, 0) is 11.1 Å². The third-order valence-electron chi connectivity index (χ3n) is 2.16. The first-order valence-corrected chi connectivity index (χ1v) is 5.03. The van der Waals surface area contributed by atoms with Crippen molar-refractivity contribution in [3.8, 4) is 0 Å². The average molecular weight is 224 g/mol. The van der Waals surface area contributed by atoms with Crippen LogP contribution in [0.3, 0.4) is 0 Å². The van der Waals surface area contributed by atoms with Crippen molar-refractivity contribution >= 4 is 5.97 Å². The van der Waals surface area contributed by atoms with Gasteiger partial charge in [-0.2, -0.15) is 0 Å². The Morgan fingerprint density at radius 3 is 2.75 bits per heavy atom. The smallest absolute Gasteiger partial charge is 0.302 e. The van der Waals surface area contributed by atoms with Crippen LogP contribution in [0.5, 0.6) is 0 Å². The lowest BCUT2D eigenvalue weighted by atomic mass is 10.0. The predicted molar refractivity (Wildman–Crippen MR) is 58.7 cm³/mol. The van der Waals surface area contributed by atoms with Crippen molar-refractivity contribution in [3.05, 3.63) is 35.4 Å². The first-order valence-electron chi connectivity index (χ1n) is 5.03. The monoisotopic (exact) mass is 224 g/mol. The van der Waals surface area contributed by atoms with E-state index in [9.17, 15) is 9.90 Å². The number of aliphatic hydroxyl groups excluding tert-OH is 1. The fraction of sp³-hybridized carbons (Fsp3) is 0.417. The summed E-state index contributed by atoms with van der Waals surface area (Å²) < 4.78 is 9.79. The highest BCUT2D eigenvalue weighted by Gasteiger charge is 2.13. The van der Waals surface area contributed by atoms with Crippen LogP contribution in [0.2, 0.25) is 0 Å². The van der Waals surface area contributed by atoms with E-state index in [4.69, 9.17) is 9.47 Å². The Kier molecular flexibility index (Phi) is 4.95. The number of carbonyl (C=O) groups excluding carboxylic acids is 1. The number of carbonyl (C=O) groups is 1. The van der Waals surface area contributed by atoms with Crippen molar-refractivity contribution in [2.24, 2.45) is 0 Å². The number of hydrogen-bond donors (Lipinski definition) is 1. The Hall–Kier alpha value is -1.39. The fourth-order valence-electron chi connectivity index (χ4n) is 1.43. The first kappa shape index (κ1) is 12.7. The summed E-state index contributed by atoms with van der Waals surface area (Å²) in [5.41, 5.74) is 1.62. The normalized spacial score (nSPS) is 12.2. The molecule has 1 rings (SSSR count). The van der Waals surface area contributed by atoms with E-state index in [2.05, 4.69) is 0 Å². The molecular weight excluding hydrogens is 208 g/mol. The summed E-state index contributed by atoms with van der Waals surface area (Å²) in [6, 6.07) is 7.36. The zero-order chi connectivity index (χ0) is 12.0. The lowest BCUT2D eigenvalue weighted by molar-refractivity contribution is -0.144. The maximum absolute atomic E-state index is 10.6. The quantitative estimate of drug-likeness (QED) is 0.769. The van der Waals surface area contributed by atoms with Gasteiger partial charge < -0.3 is 14.6 Å². The zero-order valence-corrected chi connectivity index (χ0v) is 9.47. The van der Waals surface area contributed by atoms with Gasteiger partial charge in [0.2, 0.25) is 0 Å². The van der Waals surface area contributed by atoms with Crippen molar-refractivity contribution in [2.75, 3.05) is 13.7 Å². The summed E-state index contributed by atoms with van der Waals surface area (Å²) in [5, 5.41) is 9.84. The van der Waals surface area contributed by atoms with E-state index in [0.717, 1.165) is 11.1 Å². The maximum atomic E-state index is 10.6. The van der Waals surface area contributed by atoms with Crippen LogP contribution >= 0.6 is 0 Å². The molecule has 4 nitrogen and oxygen atoms in total. The molecular formula is C12H16O4. The molecule has 0 saturated carbocycles. The Bertz CT molecular complexity index is 349. The number of benzene rings is 1. The number of esters is 1. The van der Waals surface area contributed by atoms with Crippen LogP contribution in [0.4, 0.5) is 0 Å². The van der Waals surface area contributed by atoms with E-state index in [1.54, 1.807) is 13.2 Å². The first-order chi connectivity index (χ1) is 7.65. The number of hydrogen-bond acceptors (Lipinski definition) is 4. The van der Waals surface area contributed by atoms with Crippen molar-refractivity contribution in [3.63, 3.8) is 0 Å². The second-order valence-corrected chi connectivity index (χ2v) is 3.45. The van der Waals surface area contributed by atoms with E-state index >= 15 is 0 Å². The summed E-state index contributed by atoms with van der Waals surface area (Å²) in [7, 11) is 1.59. The number of aliphatic hydroxyl groups is 1. The molecule has 1 aromatic rings. The fourth-order valence-corrected chi connectivity index (χ4v) is 1.43. The largest absolute Gasteiger partial charge is 0.463 e. The lowest BCUT2D eigenvalue weighted by Crippen LogP contribution is -2.12. The minimum Gasteiger partial charge on any atom is -0.463 e. The van der Waals surface area contributed by atoms with Crippen LogP contribution in [-0.4, -0.2) is 24.8 Å². The molecule has 0 saturated heterocycles. The molecule has 0 amide bonds. The molecule has 1 N–H and O–H groups in total. The topological polar surface area (TPSA) is 55.8 Å². The van der Waals surface area contributed by atoms with Crippen LogP contribution in [0.15, 0.2) is 24.3 Å². The van der Waals surface area contributed by atoms with Gasteiger partial charge in [-0.25, -0.2) is 0 Å². The minimum absolute atomic E-state index is 0.0317. The molecule has 0 aliphatic heterocycles. The molecule has 1 atom stereocenters. The van der Waals surface area contributed by atoms with Crippen LogP contribution < -0.4 is 0 Å². The Balaban J connectivity index is 2.73. The Morgan fingerprint density at radius 1 is 1.44 bits per heavy atom. The van der Waals surface area contributed by atoms with E-state index < -0.39 is 12.1 Å². The lowest BCUT2D eigenvalue weighted by Gasteiger charge is -2.14. The van der Waals surface area contributed by atoms with Gasteiger partial charge in [-0.3, -0.25) is 4.79 Å². The number of rotatable bonds is 5. The van der Waals surface area contributed by atoms with Crippen LogP contribution in [-0.2, 0) is 20.9 Å². The molecule has 0 bridgehead atoms. The third kappa shape index (κ3) is 3.64. The van der Waals surface area contributed by atoms with Crippen molar-refractivity contribution in [1.82, 2.24) is 0 Å². The zero-order valence-electron chi connectivity index (χ0n) is 9.47. The van der Waals surface area contributed by atoms with Gasteiger partial charge in [-0.1, -0.05) is 24.3 Å². The van der Waals surface area contributed by atoms with Crippen LogP contribution in [0.1, 0.15) is 24.2 Å². The SMILES string of the molecule is COCc1ccccc1C(O)COC(C)=O. The summed E-state index contributed by atoms with van der Waals surface area (Å²) in [5.74, 6) is -0.400. The molecule has 0 fully saturated rings. The van der Waals surface area contributed by atoms with Gasteiger partial charge in [0.15, 0.2) is 0 Å². The molecule has 16 heavy (non-hydrogen) atoms. The van der Waals surface area contributed by atoms with E-state index in [1.807, 2.05) is 18.2 Å². The van der Waals surface area contributed by atoms with E-state index in [-0.39, 0.29) is 6.61 Å². The molecule has 0 heterocycles. The molecule has 1 aromatic carbocycles. The standard InChI is InChI=1S/C12H16O4/c1-9(13)16-8-12(14)11-6-4-3-5-10(11)7-15-2/h3-6,12,14H,7-8H2,1-2H3. The highest BCUT2D eigenvalue weighted by molar-refractivity contribution is 5.65. The van der Waals surface area contributed by atoms with Crippen molar-refractivity contribution in [1.29, 1.82) is 0 Å². The van der Waals surface area contributed by atoms with Crippen molar-refractivity contribution in [2.45, 2.75) is 19.6 Å². The highest BCUT2D eigenvalue weighted by atomic mass is 16.5. The van der Waals surface area contributed by atoms with Gasteiger partial charge in [0.05, 0.1) is 6.61 Å². The van der Waals surface area contributed by atoms with Gasteiger partial charge in [-0.15, -0.1) is 0 Å². The molecule has 0 aliphatic carbocycles. The number of methoxy groups -OCH3 is 1.